The number of aromatic nitrogens is 3. The number of halogens is 2. The van der Waals surface area contributed by atoms with Crippen LogP contribution in [0.5, 0.6) is 0 Å². The molecule has 166 valence electrons. The number of hydrogen-bond donors (Lipinski definition) is 2. The van der Waals surface area contributed by atoms with Crippen molar-refractivity contribution in [1.29, 1.82) is 0 Å². The number of carbonyl (C=O) groups is 1. The highest BCUT2D eigenvalue weighted by molar-refractivity contribution is 6.36. The Morgan fingerprint density at radius 3 is 2.58 bits per heavy atom. The Bertz CT molecular complexity index is 1390. The van der Waals surface area contributed by atoms with Crippen LogP contribution in [0.2, 0.25) is 10.0 Å². The smallest absolute Gasteiger partial charge is 0.256 e. The topological polar surface area (TPSA) is 85.0 Å². The highest BCUT2D eigenvalue weighted by atomic mass is 35.5. The summed E-state index contributed by atoms with van der Waals surface area (Å²) in [6, 6.07) is 17.5. The Hall–Kier alpha value is -3.55. The Morgan fingerprint density at radius 1 is 1.09 bits per heavy atom. The van der Waals surface area contributed by atoms with Gasteiger partial charge in [0.1, 0.15) is 17.6 Å². The van der Waals surface area contributed by atoms with Crippen molar-refractivity contribution < 1.29 is 9.21 Å². The zero-order valence-electron chi connectivity index (χ0n) is 17.8. The molecule has 4 aromatic rings. The summed E-state index contributed by atoms with van der Waals surface area (Å²) < 4.78 is 7.58. The maximum atomic E-state index is 13.4. The fourth-order valence-corrected chi connectivity index (χ4v) is 4.31. The zero-order valence-corrected chi connectivity index (χ0v) is 19.3. The molecule has 0 bridgehead atoms. The normalized spacial score (nSPS) is 15.2. The van der Waals surface area contributed by atoms with Gasteiger partial charge < -0.3 is 15.1 Å². The lowest BCUT2D eigenvalue weighted by molar-refractivity contribution is -0.113. The SMILES string of the molecule is CC1=C(C(=O)Nc2ccccc2)C(c2ccc(C)o2)n2nc(-c3ccc(Cl)cc3Cl)nc2N1. The molecule has 5 rings (SSSR count). The number of nitrogens with one attached hydrogen (secondary N) is 2. The summed E-state index contributed by atoms with van der Waals surface area (Å²) in [7, 11) is 0. The lowest BCUT2D eigenvalue weighted by Gasteiger charge is -2.27. The molecule has 9 heteroatoms. The summed E-state index contributed by atoms with van der Waals surface area (Å²) in [5.41, 5.74) is 2.44. The highest BCUT2D eigenvalue weighted by Gasteiger charge is 2.36. The van der Waals surface area contributed by atoms with Crippen molar-refractivity contribution >= 4 is 40.7 Å². The second-order valence-corrected chi connectivity index (χ2v) is 8.51. The van der Waals surface area contributed by atoms with E-state index >= 15 is 0 Å². The maximum absolute atomic E-state index is 13.4. The number of carbonyl (C=O) groups excluding carboxylic acids is 1. The first-order chi connectivity index (χ1) is 15.9. The molecule has 7 nitrogen and oxygen atoms in total. The first kappa shape index (κ1) is 21.3. The number of furan rings is 1. The van der Waals surface area contributed by atoms with E-state index in [0.29, 0.717) is 50.1 Å². The lowest BCUT2D eigenvalue weighted by Crippen LogP contribution is -2.31. The summed E-state index contributed by atoms with van der Waals surface area (Å²) in [4.78, 5) is 18.0. The van der Waals surface area contributed by atoms with Gasteiger partial charge in [0, 0.05) is 22.0 Å². The fourth-order valence-electron chi connectivity index (χ4n) is 3.81. The van der Waals surface area contributed by atoms with Gasteiger partial charge in [-0.15, -0.1) is 5.10 Å². The van der Waals surface area contributed by atoms with Crippen LogP contribution in [0.25, 0.3) is 11.4 Å². The van der Waals surface area contributed by atoms with Crippen molar-refractivity contribution in [3.8, 4) is 11.4 Å². The number of fused-ring (bicyclic) bond motifs is 1. The molecule has 2 aromatic carbocycles. The quantitative estimate of drug-likeness (QED) is 0.370. The molecule has 0 saturated heterocycles. The number of aryl methyl sites for hydroxylation is 1. The first-order valence-corrected chi connectivity index (χ1v) is 11.0. The molecule has 2 N–H and O–H groups in total. The van der Waals surface area contributed by atoms with Crippen LogP contribution in [0.1, 0.15) is 24.5 Å². The van der Waals surface area contributed by atoms with Crippen LogP contribution in [0.15, 0.2) is 76.4 Å². The highest BCUT2D eigenvalue weighted by Crippen LogP contribution is 2.38. The zero-order chi connectivity index (χ0) is 23.1. The van der Waals surface area contributed by atoms with Gasteiger partial charge in [0.05, 0.1) is 10.6 Å². The van der Waals surface area contributed by atoms with Crippen LogP contribution in [-0.2, 0) is 4.79 Å². The molecule has 2 aromatic heterocycles. The van der Waals surface area contributed by atoms with Gasteiger partial charge in [-0.3, -0.25) is 4.79 Å². The molecule has 0 spiro atoms. The van der Waals surface area contributed by atoms with Crippen molar-refractivity contribution in [3.05, 3.63) is 93.5 Å². The number of amides is 1. The molecule has 3 heterocycles. The molecule has 1 unspecified atom stereocenters. The average Bonchev–Trinajstić information content (AvgIpc) is 3.39. The Morgan fingerprint density at radius 2 is 1.88 bits per heavy atom. The van der Waals surface area contributed by atoms with Crippen LogP contribution in [0.4, 0.5) is 11.6 Å². The standard InChI is InChI=1S/C24H19Cl2N5O2/c1-13-8-11-19(33-13)21-20(23(32)28-16-6-4-3-5-7-16)14(2)27-24-29-22(30-31(21)24)17-10-9-15(25)12-18(17)26/h3-12,21H,1-2H3,(H,28,32)(H,27,29,30). The third kappa shape index (κ3) is 4.01. The third-order valence-electron chi connectivity index (χ3n) is 5.33. The number of anilines is 2. The van der Waals surface area contributed by atoms with Gasteiger partial charge in [-0.05, 0) is 56.3 Å². The summed E-state index contributed by atoms with van der Waals surface area (Å²) >= 11 is 12.4. The van der Waals surface area contributed by atoms with E-state index < -0.39 is 6.04 Å². The molecule has 0 radical (unpaired) electrons. The lowest BCUT2D eigenvalue weighted by atomic mass is 10.00. The molecule has 33 heavy (non-hydrogen) atoms. The number of allylic oxidation sites excluding steroid dienone is 1. The number of rotatable bonds is 4. The third-order valence-corrected chi connectivity index (χ3v) is 5.88. The van der Waals surface area contributed by atoms with Gasteiger partial charge in [-0.1, -0.05) is 41.4 Å². The van der Waals surface area contributed by atoms with E-state index in [1.54, 1.807) is 22.9 Å². The summed E-state index contributed by atoms with van der Waals surface area (Å²) in [6.45, 7) is 3.68. The molecular weight excluding hydrogens is 461 g/mol. The molecular formula is C24H19Cl2N5O2. The largest absolute Gasteiger partial charge is 0.464 e. The van der Waals surface area contributed by atoms with E-state index in [-0.39, 0.29) is 5.91 Å². The Balaban J connectivity index is 1.60. The van der Waals surface area contributed by atoms with Crippen molar-refractivity contribution in [1.82, 2.24) is 14.8 Å². The first-order valence-electron chi connectivity index (χ1n) is 10.2. The molecule has 1 atom stereocenters. The van der Waals surface area contributed by atoms with Gasteiger partial charge in [-0.2, -0.15) is 4.98 Å². The van der Waals surface area contributed by atoms with E-state index in [1.165, 1.54) is 0 Å². The van der Waals surface area contributed by atoms with E-state index in [4.69, 9.17) is 32.7 Å². The van der Waals surface area contributed by atoms with E-state index in [2.05, 4.69) is 15.6 Å². The van der Waals surface area contributed by atoms with Crippen LogP contribution in [-0.4, -0.2) is 20.7 Å². The molecule has 1 aliphatic heterocycles. The van der Waals surface area contributed by atoms with E-state index in [1.807, 2.05) is 56.3 Å². The summed E-state index contributed by atoms with van der Waals surface area (Å²) in [5, 5.41) is 11.8. The number of para-hydroxylation sites is 1. The minimum Gasteiger partial charge on any atom is -0.464 e. The van der Waals surface area contributed by atoms with E-state index in [0.717, 1.165) is 5.76 Å². The minimum atomic E-state index is -0.619. The van der Waals surface area contributed by atoms with Gasteiger partial charge in [0.25, 0.3) is 5.91 Å². The molecule has 1 aliphatic rings. The Labute approximate surface area is 200 Å². The fraction of sp³-hybridized carbons (Fsp3) is 0.125. The number of benzene rings is 2. The maximum Gasteiger partial charge on any atom is 0.256 e. The van der Waals surface area contributed by atoms with Crippen molar-refractivity contribution in [3.63, 3.8) is 0 Å². The number of nitrogens with zero attached hydrogens (tertiary/aromatic N) is 3. The average molecular weight is 480 g/mol. The summed E-state index contributed by atoms with van der Waals surface area (Å²) in [5.74, 6) is 1.92. The summed E-state index contributed by atoms with van der Waals surface area (Å²) in [6.07, 6.45) is 0. The second-order valence-electron chi connectivity index (χ2n) is 7.66. The van der Waals surface area contributed by atoms with Gasteiger partial charge in [-0.25, -0.2) is 4.68 Å². The van der Waals surface area contributed by atoms with E-state index in [9.17, 15) is 4.79 Å². The predicted octanol–water partition coefficient (Wildman–Crippen LogP) is 6.08. The van der Waals surface area contributed by atoms with Crippen molar-refractivity contribution in [2.45, 2.75) is 19.9 Å². The molecule has 0 fully saturated rings. The van der Waals surface area contributed by atoms with Crippen LogP contribution >= 0.6 is 23.2 Å². The molecule has 1 amide bonds. The Kier molecular flexibility index (Phi) is 5.44. The van der Waals surface area contributed by atoms with Gasteiger partial charge in [0.15, 0.2) is 5.82 Å². The molecule has 0 saturated carbocycles. The monoisotopic (exact) mass is 479 g/mol. The van der Waals surface area contributed by atoms with Crippen molar-refractivity contribution in [2.24, 2.45) is 0 Å². The van der Waals surface area contributed by atoms with Crippen molar-refractivity contribution in [2.75, 3.05) is 10.6 Å². The molecule has 0 aliphatic carbocycles. The van der Waals surface area contributed by atoms with Crippen LogP contribution in [0.3, 0.4) is 0 Å². The van der Waals surface area contributed by atoms with Gasteiger partial charge in [0.2, 0.25) is 5.95 Å². The van der Waals surface area contributed by atoms with Crippen LogP contribution < -0.4 is 10.6 Å². The second kappa shape index (κ2) is 8.42. The van der Waals surface area contributed by atoms with Crippen LogP contribution in [0, 0.1) is 6.92 Å². The number of hydrogen-bond acceptors (Lipinski definition) is 5. The minimum absolute atomic E-state index is 0.266. The van der Waals surface area contributed by atoms with Gasteiger partial charge >= 0.3 is 0 Å². The predicted molar refractivity (Wildman–Crippen MR) is 128 cm³/mol.